The molecule has 9 nitrogen and oxygen atoms in total. The lowest BCUT2D eigenvalue weighted by atomic mass is 10.2. The summed E-state index contributed by atoms with van der Waals surface area (Å²) in [6.07, 6.45) is -2.20. The van der Waals surface area contributed by atoms with Crippen molar-refractivity contribution in [3.05, 3.63) is 58.6 Å². The van der Waals surface area contributed by atoms with Crippen molar-refractivity contribution in [1.29, 1.82) is 0 Å². The van der Waals surface area contributed by atoms with Crippen molar-refractivity contribution >= 4 is 23.3 Å². The van der Waals surface area contributed by atoms with Gasteiger partial charge in [0.25, 0.3) is 11.6 Å². The fraction of sp³-hybridized carbons (Fsp3) is 0.222. The smallest absolute Gasteiger partial charge is 0.351 e. The minimum atomic E-state index is -1.18. The van der Waals surface area contributed by atoms with E-state index in [4.69, 9.17) is 14.2 Å². The highest BCUT2D eigenvalue weighted by atomic mass is 16.6. The third-order valence-electron chi connectivity index (χ3n) is 3.79. The van der Waals surface area contributed by atoms with E-state index in [0.717, 1.165) is 0 Å². The Morgan fingerprint density at radius 2 is 1.85 bits per heavy atom. The first kappa shape index (κ1) is 18.2. The average Bonchev–Trinajstić information content (AvgIpc) is 2.67. The zero-order valence-corrected chi connectivity index (χ0v) is 14.3. The number of esters is 1. The van der Waals surface area contributed by atoms with Gasteiger partial charge in [-0.15, -0.1) is 0 Å². The monoisotopic (exact) mass is 372 g/mol. The minimum Gasteiger partial charge on any atom is -0.485 e. The van der Waals surface area contributed by atoms with Gasteiger partial charge in [-0.25, -0.2) is 4.79 Å². The van der Waals surface area contributed by atoms with Crippen LogP contribution in [-0.2, 0) is 14.3 Å². The van der Waals surface area contributed by atoms with Crippen molar-refractivity contribution in [1.82, 2.24) is 0 Å². The van der Waals surface area contributed by atoms with Crippen LogP contribution in [0.3, 0.4) is 0 Å². The molecule has 1 N–H and O–H groups in total. The van der Waals surface area contributed by atoms with Crippen LogP contribution >= 0.6 is 0 Å². The molecule has 0 radical (unpaired) electrons. The van der Waals surface area contributed by atoms with Crippen LogP contribution in [0, 0.1) is 10.1 Å². The molecule has 0 fully saturated rings. The zero-order valence-electron chi connectivity index (χ0n) is 14.3. The van der Waals surface area contributed by atoms with E-state index in [1.807, 2.05) is 0 Å². The summed E-state index contributed by atoms with van der Waals surface area (Å²) >= 11 is 0. The van der Waals surface area contributed by atoms with E-state index in [0.29, 0.717) is 11.5 Å². The average molecular weight is 372 g/mol. The number of nitro groups is 1. The first-order valence-corrected chi connectivity index (χ1v) is 8.09. The van der Waals surface area contributed by atoms with E-state index in [9.17, 15) is 19.7 Å². The number of hydrogen-bond donors (Lipinski definition) is 1. The molecule has 0 spiro atoms. The molecule has 0 bridgehead atoms. The molecule has 1 heterocycles. The zero-order chi connectivity index (χ0) is 19.4. The second-order valence-corrected chi connectivity index (χ2v) is 5.71. The number of benzene rings is 2. The number of fused-ring (bicyclic) bond motifs is 1. The molecule has 1 aliphatic heterocycles. The standard InChI is InChI=1S/C18H16N2O7/c1-11(17(21)19-12-6-2-3-7-13(12)20(23)24)26-18(22)16-10-25-14-8-4-5-9-15(14)27-16/h2-9,11,16H,10H2,1H3,(H,19,21). The molecule has 0 aromatic heterocycles. The van der Waals surface area contributed by atoms with Gasteiger partial charge in [0.1, 0.15) is 12.3 Å². The number of anilines is 1. The number of carbonyl (C=O) groups excluding carboxylic acids is 2. The molecule has 2 atom stereocenters. The third-order valence-corrected chi connectivity index (χ3v) is 3.79. The molecule has 2 unspecified atom stereocenters. The van der Waals surface area contributed by atoms with E-state index in [-0.39, 0.29) is 18.0 Å². The maximum Gasteiger partial charge on any atom is 0.351 e. The van der Waals surface area contributed by atoms with Crippen LogP contribution in [-0.4, -0.2) is 35.6 Å². The highest BCUT2D eigenvalue weighted by Gasteiger charge is 2.31. The summed E-state index contributed by atoms with van der Waals surface area (Å²) in [6, 6.07) is 12.5. The second kappa shape index (κ2) is 7.73. The van der Waals surface area contributed by atoms with Crippen molar-refractivity contribution in [2.24, 2.45) is 0 Å². The van der Waals surface area contributed by atoms with Crippen LogP contribution in [0.4, 0.5) is 11.4 Å². The van der Waals surface area contributed by atoms with Crippen molar-refractivity contribution in [3.63, 3.8) is 0 Å². The number of nitro benzene ring substituents is 1. The Bertz CT molecular complexity index is 884. The van der Waals surface area contributed by atoms with E-state index in [1.165, 1.54) is 25.1 Å². The number of amides is 1. The molecule has 0 saturated carbocycles. The number of para-hydroxylation sites is 4. The van der Waals surface area contributed by atoms with E-state index in [1.54, 1.807) is 30.3 Å². The Morgan fingerprint density at radius 3 is 2.59 bits per heavy atom. The predicted octanol–water partition coefficient (Wildman–Crippen LogP) is 2.30. The third kappa shape index (κ3) is 4.14. The van der Waals surface area contributed by atoms with Crippen molar-refractivity contribution < 1.29 is 28.7 Å². The predicted molar refractivity (Wildman–Crippen MR) is 93.6 cm³/mol. The molecule has 0 aliphatic carbocycles. The first-order chi connectivity index (χ1) is 13.0. The second-order valence-electron chi connectivity index (χ2n) is 5.71. The summed E-state index contributed by atoms with van der Waals surface area (Å²) in [7, 11) is 0. The molecule has 1 aliphatic rings. The molecule has 2 aromatic rings. The Morgan fingerprint density at radius 1 is 1.19 bits per heavy atom. The summed E-state index contributed by atoms with van der Waals surface area (Å²) in [5, 5.41) is 13.4. The van der Waals surface area contributed by atoms with Crippen molar-refractivity contribution in [2.45, 2.75) is 19.1 Å². The Hall–Kier alpha value is -3.62. The maximum atomic E-state index is 12.2. The number of rotatable bonds is 5. The van der Waals surface area contributed by atoms with Gasteiger partial charge >= 0.3 is 5.97 Å². The quantitative estimate of drug-likeness (QED) is 0.486. The van der Waals surface area contributed by atoms with Gasteiger partial charge in [0, 0.05) is 6.07 Å². The van der Waals surface area contributed by atoms with Crippen molar-refractivity contribution in [2.75, 3.05) is 11.9 Å². The lowest BCUT2D eigenvalue weighted by Crippen LogP contribution is -2.41. The van der Waals surface area contributed by atoms with E-state index in [2.05, 4.69) is 5.32 Å². The summed E-state index contributed by atoms with van der Waals surface area (Å²) in [5.74, 6) is -0.545. The number of nitrogens with one attached hydrogen (secondary N) is 1. The van der Waals surface area contributed by atoms with Crippen LogP contribution < -0.4 is 14.8 Å². The normalized spacial score (nSPS) is 16.1. The summed E-state index contributed by atoms with van der Waals surface area (Å²) in [6.45, 7) is 1.31. The van der Waals surface area contributed by atoms with Gasteiger partial charge in [-0.2, -0.15) is 0 Å². The fourth-order valence-corrected chi connectivity index (χ4v) is 2.41. The van der Waals surface area contributed by atoms with Crippen LogP contribution in [0.1, 0.15) is 6.92 Å². The topological polar surface area (TPSA) is 117 Å². The molecular formula is C18H16N2O7. The summed E-state index contributed by atoms with van der Waals surface area (Å²) in [4.78, 5) is 34.8. The van der Waals surface area contributed by atoms with E-state index >= 15 is 0 Å². The SMILES string of the molecule is CC(OC(=O)C1COc2ccccc2O1)C(=O)Nc1ccccc1[N+](=O)[O-]. The van der Waals surface area contributed by atoms with Crippen LogP contribution in [0.15, 0.2) is 48.5 Å². The molecule has 9 heteroatoms. The lowest BCUT2D eigenvalue weighted by molar-refractivity contribution is -0.383. The number of ether oxygens (including phenoxy) is 3. The van der Waals surface area contributed by atoms with Gasteiger partial charge in [-0.05, 0) is 25.1 Å². The molecule has 2 aromatic carbocycles. The lowest BCUT2D eigenvalue weighted by Gasteiger charge is -2.25. The molecule has 1 amide bonds. The Kier molecular flexibility index (Phi) is 5.20. The molecular weight excluding hydrogens is 356 g/mol. The fourth-order valence-electron chi connectivity index (χ4n) is 2.41. The van der Waals surface area contributed by atoms with Crippen LogP contribution in [0.25, 0.3) is 0 Å². The minimum absolute atomic E-state index is 0.0153. The molecule has 0 saturated heterocycles. The Balaban J connectivity index is 1.60. The van der Waals surface area contributed by atoms with Gasteiger partial charge in [0.15, 0.2) is 17.6 Å². The van der Waals surface area contributed by atoms with Gasteiger partial charge in [-0.3, -0.25) is 14.9 Å². The van der Waals surface area contributed by atoms with Gasteiger partial charge in [0.2, 0.25) is 6.10 Å². The first-order valence-electron chi connectivity index (χ1n) is 8.09. The Labute approximate surface area is 154 Å². The maximum absolute atomic E-state index is 12.2. The molecule has 3 rings (SSSR count). The van der Waals surface area contributed by atoms with Crippen molar-refractivity contribution in [3.8, 4) is 11.5 Å². The largest absolute Gasteiger partial charge is 0.485 e. The van der Waals surface area contributed by atoms with Gasteiger partial charge < -0.3 is 19.5 Å². The number of hydrogen-bond acceptors (Lipinski definition) is 7. The van der Waals surface area contributed by atoms with Crippen LogP contribution in [0.5, 0.6) is 11.5 Å². The van der Waals surface area contributed by atoms with Gasteiger partial charge in [-0.1, -0.05) is 24.3 Å². The number of carbonyl (C=O) groups is 2. The van der Waals surface area contributed by atoms with Crippen LogP contribution in [0.2, 0.25) is 0 Å². The van der Waals surface area contributed by atoms with E-state index < -0.39 is 29.0 Å². The molecule has 140 valence electrons. The molecule has 27 heavy (non-hydrogen) atoms. The van der Waals surface area contributed by atoms with Gasteiger partial charge in [0.05, 0.1) is 4.92 Å². The number of nitrogens with zero attached hydrogens (tertiary/aromatic N) is 1. The summed E-state index contributed by atoms with van der Waals surface area (Å²) in [5.41, 5.74) is -0.244. The highest BCUT2D eigenvalue weighted by molar-refractivity contribution is 5.97. The summed E-state index contributed by atoms with van der Waals surface area (Å²) < 4.78 is 16.1. The highest BCUT2D eigenvalue weighted by Crippen LogP contribution is 2.31.